The van der Waals surface area contributed by atoms with Gasteiger partial charge in [0.15, 0.2) is 5.82 Å². The fourth-order valence-electron chi connectivity index (χ4n) is 2.46. The molecular weight excluding hydrogens is 302 g/mol. The third-order valence-electron chi connectivity index (χ3n) is 3.62. The molecule has 4 rings (SSSR count). The SMILES string of the molecule is c1ccc(CNc2ccnc(-c3cc4ccccc4s3)n2)cc1. The first-order valence-electron chi connectivity index (χ1n) is 7.48. The number of anilines is 1. The van der Waals surface area contributed by atoms with Crippen molar-refractivity contribution in [1.29, 1.82) is 0 Å². The summed E-state index contributed by atoms with van der Waals surface area (Å²) in [6.45, 7) is 0.754. The van der Waals surface area contributed by atoms with Crippen LogP contribution in [-0.4, -0.2) is 9.97 Å². The van der Waals surface area contributed by atoms with Gasteiger partial charge in [0.1, 0.15) is 5.82 Å². The Morgan fingerprint density at radius 3 is 2.61 bits per heavy atom. The number of aromatic nitrogens is 2. The monoisotopic (exact) mass is 317 g/mol. The third kappa shape index (κ3) is 3.07. The van der Waals surface area contributed by atoms with Crippen LogP contribution in [0.3, 0.4) is 0 Å². The molecule has 0 fully saturated rings. The Labute approximate surface area is 138 Å². The lowest BCUT2D eigenvalue weighted by Gasteiger charge is -2.06. The highest BCUT2D eigenvalue weighted by atomic mass is 32.1. The van der Waals surface area contributed by atoms with E-state index in [0.717, 1.165) is 23.1 Å². The molecule has 0 radical (unpaired) electrons. The van der Waals surface area contributed by atoms with E-state index in [1.54, 1.807) is 17.5 Å². The maximum Gasteiger partial charge on any atom is 0.171 e. The van der Waals surface area contributed by atoms with Crippen molar-refractivity contribution in [3.63, 3.8) is 0 Å². The highest BCUT2D eigenvalue weighted by molar-refractivity contribution is 7.22. The van der Waals surface area contributed by atoms with Crippen LogP contribution >= 0.6 is 11.3 Å². The molecule has 0 aliphatic heterocycles. The smallest absolute Gasteiger partial charge is 0.171 e. The van der Waals surface area contributed by atoms with Crippen molar-refractivity contribution in [3.8, 4) is 10.7 Å². The summed E-state index contributed by atoms with van der Waals surface area (Å²) in [4.78, 5) is 10.2. The molecule has 0 aliphatic rings. The maximum atomic E-state index is 4.64. The molecule has 0 spiro atoms. The van der Waals surface area contributed by atoms with Crippen molar-refractivity contribution >= 4 is 27.2 Å². The first-order chi connectivity index (χ1) is 11.4. The van der Waals surface area contributed by atoms with Crippen LogP contribution in [0.25, 0.3) is 20.8 Å². The number of benzene rings is 2. The van der Waals surface area contributed by atoms with E-state index in [9.17, 15) is 0 Å². The number of hydrogen-bond acceptors (Lipinski definition) is 4. The Bertz CT molecular complexity index is 898. The van der Waals surface area contributed by atoms with Crippen LogP contribution in [0.4, 0.5) is 5.82 Å². The third-order valence-corrected chi connectivity index (χ3v) is 4.73. The molecular formula is C19H15N3S. The van der Waals surface area contributed by atoms with Crippen LogP contribution in [0, 0.1) is 0 Å². The summed E-state index contributed by atoms with van der Waals surface area (Å²) in [6.07, 6.45) is 1.81. The van der Waals surface area contributed by atoms with Crippen LogP contribution in [0.5, 0.6) is 0 Å². The lowest BCUT2D eigenvalue weighted by Crippen LogP contribution is -2.02. The first kappa shape index (κ1) is 13.9. The van der Waals surface area contributed by atoms with Gasteiger partial charge >= 0.3 is 0 Å². The zero-order valence-corrected chi connectivity index (χ0v) is 13.3. The molecule has 2 aromatic heterocycles. The van der Waals surface area contributed by atoms with Crippen LogP contribution in [0.15, 0.2) is 72.9 Å². The maximum absolute atomic E-state index is 4.64. The summed E-state index contributed by atoms with van der Waals surface area (Å²) in [5.74, 6) is 1.61. The predicted octanol–water partition coefficient (Wildman–Crippen LogP) is 4.97. The zero-order valence-electron chi connectivity index (χ0n) is 12.4. The van der Waals surface area contributed by atoms with Crippen molar-refractivity contribution in [1.82, 2.24) is 9.97 Å². The fraction of sp³-hybridized carbons (Fsp3) is 0.0526. The Morgan fingerprint density at radius 1 is 0.913 bits per heavy atom. The summed E-state index contributed by atoms with van der Waals surface area (Å²) in [7, 11) is 0. The van der Waals surface area contributed by atoms with Gasteiger partial charge < -0.3 is 5.32 Å². The van der Waals surface area contributed by atoms with E-state index in [4.69, 9.17) is 0 Å². The molecule has 23 heavy (non-hydrogen) atoms. The molecule has 0 unspecified atom stereocenters. The van der Waals surface area contributed by atoms with Crippen LogP contribution < -0.4 is 5.32 Å². The van der Waals surface area contributed by atoms with E-state index in [0.29, 0.717) is 0 Å². The number of nitrogens with zero attached hydrogens (tertiary/aromatic N) is 2. The van der Waals surface area contributed by atoms with E-state index >= 15 is 0 Å². The number of hydrogen-bond donors (Lipinski definition) is 1. The van der Waals surface area contributed by atoms with Crippen LogP contribution in [0.1, 0.15) is 5.56 Å². The standard InChI is InChI=1S/C19H15N3S/c1-2-6-14(7-3-1)13-21-18-10-11-20-19(22-18)17-12-15-8-4-5-9-16(15)23-17/h1-12H,13H2,(H,20,21,22). The largest absolute Gasteiger partial charge is 0.366 e. The number of nitrogens with one attached hydrogen (secondary N) is 1. The lowest BCUT2D eigenvalue weighted by molar-refractivity contribution is 1.09. The van der Waals surface area contributed by atoms with E-state index in [2.05, 4.69) is 57.7 Å². The summed E-state index contributed by atoms with van der Waals surface area (Å²) < 4.78 is 1.26. The molecule has 0 aliphatic carbocycles. The Balaban J connectivity index is 1.58. The highest BCUT2D eigenvalue weighted by Crippen LogP contribution is 2.31. The number of rotatable bonds is 4. The van der Waals surface area contributed by atoms with Gasteiger partial charge in [-0.2, -0.15) is 0 Å². The quantitative estimate of drug-likeness (QED) is 0.577. The van der Waals surface area contributed by atoms with E-state index < -0.39 is 0 Å². The van der Waals surface area contributed by atoms with Gasteiger partial charge in [-0.25, -0.2) is 9.97 Å². The average Bonchev–Trinajstić information content (AvgIpc) is 3.05. The van der Waals surface area contributed by atoms with Crippen molar-refractivity contribution < 1.29 is 0 Å². The second-order valence-electron chi connectivity index (χ2n) is 5.25. The van der Waals surface area contributed by atoms with Gasteiger partial charge in [-0.3, -0.25) is 0 Å². The van der Waals surface area contributed by atoms with Crippen molar-refractivity contribution in [2.75, 3.05) is 5.32 Å². The summed E-state index contributed by atoms with van der Waals surface area (Å²) >= 11 is 1.72. The van der Waals surface area contributed by atoms with Crippen molar-refractivity contribution in [2.24, 2.45) is 0 Å². The van der Waals surface area contributed by atoms with Gasteiger partial charge in [0.05, 0.1) is 4.88 Å². The van der Waals surface area contributed by atoms with Crippen molar-refractivity contribution in [2.45, 2.75) is 6.54 Å². The Hall–Kier alpha value is -2.72. The van der Waals surface area contributed by atoms with Gasteiger partial charge in [0.25, 0.3) is 0 Å². The van der Waals surface area contributed by atoms with E-state index in [-0.39, 0.29) is 0 Å². The Morgan fingerprint density at radius 2 is 1.74 bits per heavy atom. The highest BCUT2D eigenvalue weighted by Gasteiger charge is 2.07. The van der Waals surface area contributed by atoms with Crippen molar-refractivity contribution in [3.05, 3.63) is 78.5 Å². The number of fused-ring (bicyclic) bond motifs is 1. The van der Waals surface area contributed by atoms with Gasteiger partial charge in [0.2, 0.25) is 0 Å². The molecule has 2 aromatic carbocycles. The molecule has 0 saturated carbocycles. The second-order valence-corrected chi connectivity index (χ2v) is 6.34. The van der Waals surface area contributed by atoms with Gasteiger partial charge in [-0.1, -0.05) is 48.5 Å². The molecule has 2 heterocycles. The molecule has 0 bridgehead atoms. The van der Waals surface area contributed by atoms with Gasteiger partial charge in [0, 0.05) is 17.4 Å². The topological polar surface area (TPSA) is 37.8 Å². The molecule has 3 nitrogen and oxygen atoms in total. The molecule has 4 heteroatoms. The molecule has 1 N–H and O–H groups in total. The van der Waals surface area contributed by atoms with E-state index in [1.165, 1.54) is 15.6 Å². The van der Waals surface area contributed by atoms with E-state index in [1.807, 2.05) is 24.3 Å². The minimum absolute atomic E-state index is 0.754. The zero-order chi connectivity index (χ0) is 15.5. The molecule has 112 valence electrons. The lowest BCUT2D eigenvalue weighted by atomic mass is 10.2. The van der Waals surface area contributed by atoms with Gasteiger partial charge in [-0.05, 0) is 29.1 Å². The average molecular weight is 317 g/mol. The molecule has 0 saturated heterocycles. The summed E-state index contributed by atoms with van der Waals surface area (Å²) in [5, 5.41) is 4.59. The Kier molecular flexibility index (Phi) is 3.74. The first-order valence-corrected chi connectivity index (χ1v) is 8.30. The minimum Gasteiger partial charge on any atom is -0.366 e. The normalized spacial score (nSPS) is 10.8. The molecule has 0 amide bonds. The van der Waals surface area contributed by atoms with Crippen LogP contribution in [-0.2, 0) is 6.54 Å². The number of thiophene rings is 1. The predicted molar refractivity (Wildman–Crippen MR) is 96.6 cm³/mol. The summed E-state index contributed by atoms with van der Waals surface area (Å²) in [6, 6.07) is 22.7. The molecule has 0 atom stereocenters. The minimum atomic E-state index is 0.754. The van der Waals surface area contributed by atoms with Gasteiger partial charge in [-0.15, -0.1) is 11.3 Å². The summed E-state index contributed by atoms with van der Waals surface area (Å²) in [5.41, 5.74) is 1.23. The molecule has 4 aromatic rings. The second kappa shape index (κ2) is 6.18. The fourth-order valence-corrected chi connectivity index (χ4v) is 3.46. The van der Waals surface area contributed by atoms with Crippen LogP contribution in [0.2, 0.25) is 0 Å².